The first kappa shape index (κ1) is 22.4. The summed E-state index contributed by atoms with van der Waals surface area (Å²) in [6, 6.07) is 8.97. The molecule has 34 heavy (non-hydrogen) atoms. The van der Waals surface area contributed by atoms with Gasteiger partial charge in [0.05, 0.1) is 12.2 Å². The topological polar surface area (TPSA) is 89.0 Å². The van der Waals surface area contributed by atoms with Gasteiger partial charge in [0, 0.05) is 69.8 Å². The van der Waals surface area contributed by atoms with E-state index in [0.717, 1.165) is 25.2 Å². The number of rotatable bonds is 6. The zero-order valence-electron chi connectivity index (χ0n) is 19.2. The Labute approximate surface area is 198 Å². The molecule has 1 saturated heterocycles. The summed E-state index contributed by atoms with van der Waals surface area (Å²) in [5.74, 6) is -0.150. The number of ketones is 2. The van der Waals surface area contributed by atoms with Gasteiger partial charge >= 0.3 is 0 Å². The summed E-state index contributed by atoms with van der Waals surface area (Å²) >= 11 is 0. The van der Waals surface area contributed by atoms with Crippen LogP contribution in [0.4, 0.5) is 0 Å². The fourth-order valence-corrected chi connectivity index (χ4v) is 4.81. The molecule has 8 heteroatoms. The van der Waals surface area contributed by atoms with Crippen molar-refractivity contribution in [3.05, 3.63) is 65.0 Å². The third kappa shape index (κ3) is 4.15. The average molecular weight is 462 g/mol. The number of ether oxygens (including phenoxy) is 2. The largest absolute Gasteiger partial charge is 0.471 e. The van der Waals surface area contributed by atoms with Gasteiger partial charge in [-0.15, -0.1) is 0 Å². The Kier molecular flexibility index (Phi) is 6.26. The maximum atomic E-state index is 13.6. The SMILES string of the molecule is COCCN1CCN(C(=O)C2OC(c3ccncc3)=C(c3ccc4c(c3)CCC4=O)C2=O)CC1. The molecule has 5 rings (SSSR count). The highest BCUT2D eigenvalue weighted by Crippen LogP contribution is 2.38. The summed E-state index contributed by atoms with van der Waals surface area (Å²) in [5.41, 5.74) is 3.38. The number of hydrogen-bond donors (Lipinski definition) is 0. The van der Waals surface area contributed by atoms with E-state index >= 15 is 0 Å². The Hall–Kier alpha value is -3.36. The summed E-state index contributed by atoms with van der Waals surface area (Å²) in [7, 11) is 1.67. The van der Waals surface area contributed by atoms with Crippen molar-refractivity contribution in [2.75, 3.05) is 46.4 Å². The van der Waals surface area contributed by atoms with Crippen LogP contribution in [-0.4, -0.2) is 84.8 Å². The third-order valence-corrected chi connectivity index (χ3v) is 6.73. The van der Waals surface area contributed by atoms with Crippen LogP contribution in [-0.2, 0) is 25.5 Å². The van der Waals surface area contributed by atoms with Crippen molar-refractivity contribution in [2.45, 2.75) is 18.9 Å². The summed E-state index contributed by atoms with van der Waals surface area (Å²) < 4.78 is 11.2. The van der Waals surface area contributed by atoms with E-state index in [0.29, 0.717) is 60.6 Å². The molecule has 2 aliphatic heterocycles. The predicted octanol–water partition coefficient (Wildman–Crippen LogP) is 1.84. The minimum absolute atomic E-state index is 0.122. The molecule has 3 heterocycles. The van der Waals surface area contributed by atoms with Crippen LogP contribution in [0.3, 0.4) is 0 Å². The standard InChI is InChI=1S/C26H27N3O5/c1-33-15-14-28-10-12-29(13-11-28)26(32)25-23(31)22(24(34-25)17-6-8-27-9-7-17)19-2-4-20-18(16-19)3-5-21(20)30/h2,4,6-9,16,25H,3,5,10-15H2,1H3. The highest BCUT2D eigenvalue weighted by molar-refractivity contribution is 6.36. The number of nitrogens with zero attached hydrogens (tertiary/aromatic N) is 3. The number of pyridine rings is 1. The highest BCUT2D eigenvalue weighted by atomic mass is 16.5. The lowest BCUT2D eigenvalue weighted by Gasteiger charge is -2.35. The first-order chi connectivity index (χ1) is 16.6. The van der Waals surface area contributed by atoms with Gasteiger partial charge in [0.2, 0.25) is 11.9 Å². The van der Waals surface area contributed by atoms with Gasteiger partial charge in [0.25, 0.3) is 5.91 Å². The van der Waals surface area contributed by atoms with E-state index in [2.05, 4.69) is 9.88 Å². The number of aromatic nitrogens is 1. The average Bonchev–Trinajstić information content (AvgIpc) is 3.42. The smallest absolute Gasteiger partial charge is 0.271 e. The van der Waals surface area contributed by atoms with Crippen molar-refractivity contribution in [1.82, 2.24) is 14.8 Å². The molecule has 0 spiro atoms. The molecular formula is C26H27N3O5. The molecule has 0 radical (unpaired) electrons. The molecule has 1 atom stereocenters. The third-order valence-electron chi connectivity index (χ3n) is 6.73. The van der Waals surface area contributed by atoms with Crippen molar-refractivity contribution < 1.29 is 23.9 Å². The van der Waals surface area contributed by atoms with Crippen LogP contribution in [0.25, 0.3) is 11.3 Å². The lowest BCUT2D eigenvalue weighted by molar-refractivity contribution is -0.145. The number of carbonyl (C=O) groups excluding carboxylic acids is 3. The number of methoxy groups -OCH3 is 1. The Bertz CT molecular complexity index is 1150. The number of carbonyl (C=O) groups is 3. The first-order valence-corrected chi connectivity index (χ1v) is 11.6. The molecule has 1 fully saturated rings. The quantitative estimate of drug-likeness (QED) is 0.607. The Balaban J connectivity index is 1.41. The van der Waals surface area contributed by atoms with Crippen LogP contribution in [0.1, 0.15) is 33.5 Å². The molecule has 8 nitrogen and oxygen atoms in total. The highest BCUT2D eigenvalue weighted by Gasteiger charge is 2.43. The molecule has 1 amide bonds. The lowest BCUT2D eigenvalue weighted by atomic mass is 9.94. The van der Waals surface area contributed by atoms with Gasteiger partial charge in [-0.25, -0.2) is 0 Å². The fraction of sp³-hybridized carbons (Fsp3) is 0.385. The molecule has 2 aromatic rings. The number of fused-ring (bicyclic) bond motifs is 1. The van der Waals surface area contributed by atoms with Gasteiger partial charge in [-0.3, -0.25) is 24.3 Å². The van der Waals surface area contributed by atoms with E-state index < -0.39 is 6.10 Å². The molecule has 0 bridgehead atoms. The second-order valence-corrected chi connectivity index (χ2v) is 8.76. The maximum absolute atomic E-state index is 13.6. The molecule has 1 unspecified atom stereocenters. The number of Topliss-reactive ketones (excluding diaryl/α,β-unsaturated/α-hetero) is 2. The normalized spacial score (nSPS) is 20.6. The Morgan fingerprint density at radius 1 is 1.06 bits per heavy atom. The Morgan fingerprint density at radius 3 is 2.56 bits per heavy atom. The lowest BCUT2D eigenvalue weighted by Crippen LogP contribution is -2.53. The van der Waals surface area contributed by atoms with Crippen LogP contribution < -0.4 is 0 Å². The molecule has 0 N–H and O–H groups in total. The maximum Gasteiger partial charge on any atom is 0.271 e. The number of benzene rings is 1. The van der Waals surface area contributed by atoms with Crippen molar-refractivity contribution in [1.29, 1.82) is 0 Å². The van der Waals surface area contributed by atoms with Crippen molar-refractivity contribution >= 4 is 28.8 Å². The number of amides is 1. The summed E-state index contributed by atoms with van der Waals surface area (Å²) in [6.07, 6.45) is 3.19. The van der Waals surface area contributed by atoms with Gasteiger partial charge in [-0.1, -0.05) is 18.2 Å². The molecule has 0 saturated carbocycles. The summed E-state index contributed by atoms with van der Waals surface area (Å²) in [5, 5.41) is 0. The minimum atomic E-state index is -1.21. The second-order valence-electron chi connectivity index (χ2n) is 8.76. The van der Waals surface area contributed by atoms with Crippen molar-refractivity contribution in [3.8, 4) is 0 Å². The molecular weight excluding hydrogens is 434 g/mol. The molecule has 1 aromatic heterocycles. The summed E-state index contributed by atoms with van der Waals surface area (Å²) in [6.45, 7) is 4.00. The van der Waals surface area contributed by atoms with Crippen LogP contribution in [0.2, 0.25) is 0 Å². The van der Waals surface area contributed by atoms with Crippen molar-refractivity contribution in [2.24, 2.45) is 0 Å². The summed E-state index contributed by atoms with van der Waals surface area (Å²) in [4.78, 5) is 47.1. The van der Waals surface area contributed by atoms with E-state index in [1.165, 1.54) is 0 Å². The van der Waals surface area contributed by atoms with Gasteiger partial charge < -0.3 is 14.4 Å². The van der Waals surface area contributed by atoms with E-state index in [1.54, 1.807) is 48.7 Å². The molecule has 1 aromatic carbocycles. The second kappa shape index (κ2) is 9.48. The van der Waals surface area contributed by atoms with Gasteiger partial charge in [0.1, 0.15) is 5.76 Å². The van der Waals surface area contributed by atoms with E-state index in [1.807, 2.05) is 6.07 Å². The molecule has 1 aliphatic carbocycles. The van der Waals surface area contributed by atoms with Gasteiger partial charge in [-0.2, -0.15) is 0 Å². The van der Waals surface area contributed by atoms with Crippen LogP contribution >= 0.6 is 0 Å². The zero-order chi connectivity index (χ0) is 23.7. The molecule has 176 valence electrons. The van der Waals surface area contributed by atoms with E-state index in [4.69, 9.17) is 9.47 Å². The van der Waals surface area contributed by atoms with E-state index in [-0.39, 0.29) is 17.5 Å². The van der Waals surface area contributed by atoms with E-state index in [9.17, 15) is 14.4 Å². The fourth-order valence-electron chi connectivity index (χ4n) is 4.81. The minimum Gasteiger partial charge on any atom is -0.471 e. The predicted molar refractivity (Wildman–Crippen MR) is 125 cm³/mol. The zero-order valence-corrected chi connectivity index (χ0v) is 19.2. The first-order valence-electron chi connectivity index (χ1n) is 11.6. The monoisotopic (exact) mass is 461 g/mol. The number of hydrogen-bond acceptors (Lipinski definition) is 7. The Morgan fingerprint density at radius 2 is 1.82 bits per heavy atom. The van der Waals surface area contributed by atoms with Crippen LogP contribution in [0.15, 0.2) is 42.7 Å². The molecule has 3 aliphatic rings. The van der Waals surface area contributed by atoms with Crippen LogP contribution in [0, 0.1) is 0 Å². The number of piperazine rings is 1. The van der Waals surface area contributed by atoms with Gasteiger partial charge in [0.15, 0.2) is 5.78 Å². The van der Waals surface area contributed by atoms with Gasteiger partial charge in [-0.05, 0) is 29.7 Å². The van der Waals surface area contributed by atoms with Crippen molar-refractivity contribution in [3.63, 3.8) is 0 Å². The van der Waals surface area contributed by atoms with Crippen LogP contribution in [0.5, 0.6) is 0 Å². The number of aryl methyl sites for hydroxylation is 1.